The first-order chi connectivity index (χ1) is 6.49. The molecule has 0 aromatic rings. The quantitative estimate of drug-likeness (QED) is 0.658. The van der Waals surface area contributed by atoms with Crippen LogP contribution in [-0.2, 0) is 10.0 Å². The van der Waals surface area contributed by atoms with Crippen molar-refractivity contribution in [2.24, 2.45) is 0 Å². The van der Waals surface area contributed by atoms with Gasteiger partial charge in [0.15, 0.2) is 0 Å². The van der Waals surface area contributed by atoms with Crippen molar-refractivity contribution in [3.63, 3.8) is 0 Å². The second kappa shape index (κ2) is 3.05. The van der Waals surface area contributed by atoms with Gasteiger partial charge in [0.1, 0.15) is 0 Å². The minimum absolute atomic E-state index is 0.00910. The Morgan fingerprint density at radius 3 is 2.79 bits per heavy atom. The molecule has 0 saturated carbocycles. The van der Waals surface area contributed by atoms with Gasteiger partial charge in [0.25, 0.3) is 0 Å². The summed E-state index contributed by atoms with van der Waals surface area (Å²) < 4.78 is 24.3. The van der Waals surface area contributed by atoms with Crippen molar-refractivity contribution in [2.75, 3.05) is 19.3 Å². The van der Waals surface area contributed by atoms with E-state index in [4.69, 9.17) is 0 Å². The monoisotopic (exact) mass is 216 g/mol. The molecule has 0 radical (unpaired) electrons. The molecule has 2 aliphatic rings. The van der Waals surface area contributed by atoms with E-state index < -0.39 is 10.0 Å². The minimum atomic E-state index is -3.07. The Morgan fingerprint density at radius 1 is 1.64 bits per heavy atom. The molecule has 2 fully saturated rings. The maximum Gasteiger partial charge on any atom is 0.211 e. The Balaban J connectivity index is 2.20. The number of sulfonamides is 1. The standard InChI is InChI=1S/C9H16N2O2S/c1-3-8-9(5-4-6-10-9)7-11(8)14(2,12)13/h3,8,10H,1,4-7H2,2H3. The van der Waals surface area contributed by atoms with Crippen LogP contribution in [0.25, 0.3) is 0 Å². The molecule has 2 saturated heterocycles. The van der Waals surface area contributed by atoms with Crippen LogP contribution in [0.4, 0.5) is 0 Å². The van der Waals surface area contributed by atoms with E-state index in [1.807, 2.05) is 0 Å². The minimum Gasteiger partial charge on any atom is -0.308 e. The summed E-state index contributed by atoms with van der Waals surface area (Å²) >= 11 is 0. The van der Waals surface area contributed by atoms with Crippen molar-refractivity contribution in [1.82, 2.24) is 9.62 Å². The molecular formula is C9H16N2O2S. The van der Waals surface area contributed by atoms with Gasteiger partial charge in [0.05, 0.1) is 17.8 Å². The van der Waals surface area contributed by atoms with E-state index in [1.165, 1.54) is 10.6 Å². The zero-order chi connectivity index (χ0) is 10.4. The maximum atomic E-state index is 11.4. The number of nitrogens with one attached hydrogen (secondary N) is 1. The van der Waals surface area contributed by atoms with Gasteiger partial charge in [-0.15, -0.1) is 6.58 Å². The fraction of sp³-hybridized carbons (Fsp3) is 0.778. The van der Waals surface area contributed by atoms with Crippen molar-refractivity contribution in [2.45, 2.75) is 24.4 Å². The molecule has 5 heteroatoms. The Labute approximate surface area is 85.0 Å². The lowest BCUT2D eigenvalue weighted by molar-refractivity contribution is 0.0831. The van der Waals surface area contributed by atoms with E-state index in [0.29, 0.717) is 6.54 Å². The lowest BCUT2D eigenvalue weighted by atomic mass is 9.81. The molecule has 2 unspecified atom stereocenters. The first-order valence-corrected chi connectivity index (χ1v) is 6.69. The fourth-order valence-electron chi connectivity index (χ4n) is 2.52. The second-order valence-corrected chi connectivity index (χ2v) is 6.11. The van der Waals surface area contributed by atoms with Crippen LogP contribution in [0.15, 0.2) is 12.7 Å². The fourth-order valence-corrected chi connectivity index (χ4v) is 3.68. The van der Waals surface area contributed by atoms with E-state index in [-0.39, 0.29) is 11.6 Å². The van der Waals surface area contributed by atoms with Crippen LogP contribution < -0.4 is 5.32 Å². The summed E-state index contributed by atoms with van der Waals surface area (Å²) in [4.78, 5) is 0. The summed E-state index contributed by atoms with van der Waals surface area (Å²) in [7, 11) is -3.07. The molecule has 14 heavy (non-hydrogen) atoms. The van der Waals surface area contributed by atoms with Crippen molar-refractivity contribution in [3.05, 3.63) is 12.7 Å². The van der Waals surface area contributed by atoms with Gasteiger partial charge in [-0.25, -0.2) is 8.42 Å². The Kier molecular flexibility index (Phi) is 2.21. The molecule has 1 spiro atoms. The molecule has 0 aromatic carbocycles. The highest BCUT2D eigenvalue weighted by molar-refractivity contribution is 7.88. The molecule has 0 aromatic heterocycles. The molecule has 0 amide bonds. The van der Waals surface area contributed by atoms with Crippen LogP contribution in [0, 0.1) is 0 Å². The molecule has 2 heterocycles. The van der Waals surface area contributed by atoms with E-state index in [1.54, 1.807) is 6.08 Å². The van der Waals surface area contributed by atoms with Gasteiger partial charge < -0.3 is 5.32 Å². The summed E-state index contributed by atoms with van der Waals surface area (Å²) in [6.45, 7) is 5.31. The third-order valence-electron chi connectivity index (χ3n) is 3.24. The van der Waals surface area contributed by atoms with Gasteiger partial charge in [-0.05, 0) is 19.4 Å². The molecule has 1 N–H and O–H groups in total. The lowest BCUT2D eigenvalue weighted by Crippen LogP contribution is -2.73. The smallest absolute Gasteiger partial charge is 0.211 e. The van der Waals surface area contributed by atoms with Gasteiger partial charge in [0, 0.05) is 6.54 Å². The van der Waals surface area contributed by atoms with Gasteiger partial charge in [0.2, 0.25) is 10.0 Å². The van der Waals surface area contributed by atoms with Crippen LogP contribution in [-0.4, -0.2) is 43.6 Å². The molecule has 80 valence electrons. The molecule has 0 bridgehead atoms. The van der Waals surface area contributed by atoms with Crippen LogP contribution in [0.2, 0.25) is 0 Å². The average molecular weight is 216 g/mol. The topological polar surface area (TPSA) is 49.4 Å². The Hall–Kier alpha value is -0.390. The largest absolute Gasteiger partial charge is 0.308 e. The molecule has 2 aliphatic heterocycles. The highest BCUT2D eigenvalue weighted by Gasteiger charge is 2.55. The van der Waals surface area contributed by atoms with Crippen LogP contribution >= 0.6 is 0 Å². The highest BCUT2D eigenvalue weighted by Crippen LogP contribution is 2.38. The zero-order valence-electron chi connectivity index (χ0n) is 8.36. The second-order valence-electron chi connectivity index (χ2n) is 4.18. The molecular weight excluding hydrogens is 200 g/mol. The van der Waals surface area contributed by atoms with Gasteiger partial charge >= 0.3 is 0 Å². The van der Waals surface area contributed by atoms with Crippen molar-refractivity contribution in [3.8, 4) is 0 Å². The summed E-state index contributed by atoms with van der Waals surface area (Å²) in [5.74, 6) is 0. The number of hydrogen-bond donors (Lipinski definition) is 1. The molecule has 2 rings (SSSR count). The van der Waals surface area contributed by atoms with E-state index >= 15 is 0 Å². The summed E-state index contributed by atoms with van der Waals surface area (Å²) in [5.41, 5.74) is -0.00910. The highest BCUT2D eigenvalue weighted by atomic mass is 32.2. The predicted octanol–water partition coefficient (Wildman–Crippen LogP) is -0.0616. The SMILES string of the molecule is C=CC1N(S(C)(=O)=O)CC12CCCN2. The van der Waals surface area contributed by atoms with Crippen LogP contribution in [0.5, 0.6) is 0 Å². The van der Waals surface area contributed by atoms with Crippen molar-refractivity contribution >= 4 is 10.0 Å². The lowest BCUT2D eigenvalue weighted by Gasteiger charge is -2.53. The maximum absolute atomic E-state index is 11.4. The summed E-state index contributed by atoms with van der Waals surface area (Å²) in [6, 6.07) is -0.0556. The van der Waals surface area contributed by atoms with Crippen molar-refractivity contribution in [1.29, 1.82) is 0 Å². The third-order valence-corrected chi connectivity index (χ3v) is 4.45. The number of rotatable bonds is 2. The van der Waals surface area contributed by atoms with Crippen molar-refractivity contribution < 1.29 is 8.42 Å². The molecule has 4 nitrogen and oxygen atoms in total. The molecule has 2 atom stereocenters. The van der Waals surface area contributed by atoms with E-state index in [9.17, 15) is 8.42 Å². The Bertz CT molecular complexity index is 344. The first-order valence-electron chi connectivity index (χ1n) is 4.84. The van der Waals surface area contributed by atoms with Gasteiger partial charge in [-0.3, -0.25) is 0 Å². The first kappa shape index (κ1) is 10.1. The van der Waals surface area contributed by atoms with Crippen LogP contribution in [0.3, 0.4) is 0 Å². The number of nitrogens with zero attached hydrogens (tertiary/aromatic N) is 1. The average Bonchev–Trinajstić information content (AvgIpc) is 2.49. The summed E-state index contributed by atoms with van der Waals surface area (Å²) in [5, 5.41) is 3.40. The number of hydrogen-bond acceptors (Lipinski definition) is 3. The van der Waals surface area contributed by atoms with E-state index in [0.717, 1.165) is 19.4 Å². The van der Waals surface area contributed by atoms with Gasteiger partial charge in [-0.2, -0.15) is 4.31 Å². The van der Waals surface area contributed by atoms with Gasteiger partial charge in [-0.1, -0.05) is 6.08 Å². The Morgan fingerprint density at radius 2 is 2.36 bits per heavy atom. The summed E-state index contributed by atoms with van der Waals surface area (Å²) in [6.07, 6.45) is 5.17. The van der Waals surface area contributed by atoms with E-state index in [2.05, 4.69) is 11.9 Å². The normalized spacial score (nSPS) is 38.5. The third kappa shape index (κ3) is 1.31. The van der Waals surface area contributed by atoms with Crippen LogP contribution in [0.1, 0.15) is 12.8 Å². The zero-order valence-corrected chi connectivity index (χ0v) is 9.18. The predicted molar refractivity (Wildman–Crippen MR) is 55.5 cm³/mol. The molecule has 0 aliphatic carbocycles.